The number of rotatable bonds is 2. The molecule has 1 spiro atoms. The van der Waals surface area contributed by atoms with Crippen LogP contribution in [0.15, 0.2) is 35.3 Å². The van der Waals surface area contributed by atoms with Crippen LogP contribution in [-0.2, 0) is 9.47 Å². The van der Waals surface area contributed by atoms with Gasteiger partial charge in [-0.1, -0.05) is 37.3 Å². The summed E-state index contributed by atoms with van der Waals surface area (Å²) in [5.74, 6) is 0.127. The van der Waals surface area contributed by atoms with E-state index in [2.05, 4.69) is 38.1 Å². The highest BCUT2D eigenvalue weighted by Crippen LogP contribution is 2.38. The summed E-state index contributed by atoms with van der Waals surface area (Å²) in [4.78, 5) is 4.95. The van der Waals surface area contributed by atoms with Crippen molar-refractivity contribution in [1.82, 2.24) is 0 Å². The van der Waals surface area contributed by atoms with Crippen LogP contribution in [0.4, 0.5) is 0 Å². The van der Waals surface area contributed by atoms with Gasteiger partial charge in [0.05, 0.1) is 19.3 Å². The molecule has 1 aromatic carbocycles. The van der Waals surface area contributed by atoms with Gasteiger partial charge in [0.15, 0.2) is 5.79 Å². The summed E-state index contributed by atoms with van der Waals surface area (Å²) in [6.07, 6.45) is 2.86. The largest absolute Gasteiger partial charge is 0.347 e. The minimum Gasteiger partial charge on any atom is -0.347 e. The molecule has 1 aliphatic heterocycles. The number of aliphatic imine (C=N–C) groups is 1. The lowest BCUT2D eigenvalue weighted by molar-refractivity contribution is -0.173. The third-order valence-electron chi connectivity index (χ3n) is 4.40. The Morgan fingerprint density at radius 2 is 1.90 bits per heavy atom. The van der Waals surface area contributed by atoms with Crippen molar-refractivity contribution in [2.24, 2.45) is 10.9 Å². The molecular weight excluding hydrogens is 250 g/mol. The van der Waals surface area contributed by atoms with Gasteiger partial charge in [-0.05, 0) is 24.8 Å². The molecule has 0 radical (unpaired) electrons. The fourth-order valence-corrected chi connectivity index (χ4v) is 3.26. The Bertz CT molecular complexity index is 477. The van der Waals surface area contributed by atoms with E-state index in [9.17, 15) is 0 Å². The molecule has 2 atom stereocenters. The normalized spacial score (nSPS) is 28.9. The van der Waals surface area contributed by atoms with Crippen LogP contribution in [-0.4, -0.2) is 24.7 Å². The summed E-state index contributed by atoms with van der Waals surface area (Å²) in [5, 5.41) is 0. The Hall–Kier alpha value is -1.19. The third kappa shape index (κ3) is 2.79. The summed E-state index contributed by atoms with van der Waals surface area (Å²) in [7, 11) is 0. The maximum atomic E-state index is 5.81. The van der Waals surface area contributed by atoms with Gasteiger partial charge in [-0.15, -0.1) is 0 Å². The van der Waals surface area contributed by atoms with Gasteiger partial charge >= 0.3 is 0 Å². The van der Waals surface area contributed by atoms with Crippen molar-refractivity contribution in [1.29, 1.82) is 0 Å². The predicted molar refractivity (Wildman–Crippen MR) is 79.9 cm³/mol. The SMILES string of the molecule is CC1CC2(CCC1=N[C@H](C)c1ccccc1)OCCO2. The van der Waals surface area contributed by atoms with Crippen LogP contribution < -0.4 is 0 Å². The first-order chi connectivity index (χ1) is 9.69. The molecule has 1 aromatic rings. The highest BCUT2D eigenvalue weighted by atomic mass is 16.7. The van der Waals surface area contributed by atoms with E-state index in [-0.39, 0.29) is 11.8 Å². The average molecular weight is 273 g/mol. The second kappa shape index (κ2) is 5.66. The van der Waals surface area contributed by atoms with Crippen LogP contribution in [0.25, 0.3) is 0 Å². The van der Waals surface area contributed by atoms with Crippen molar-refractivity contribution < 1.29 is 9.47 Å². The molecule has 20 heavy (non-hydrogen) atoms. The van der Waals surface area contributed by atoms with Gasteiger partial charge in [-0.25, -0.2) is 0 Å². The molecule has 2 fully saturated rings. The van der Waals surface area contributed by atoms with E-state index in [4.69, 9.17) is 14.5 Å². The molecular formula is C17H23NO2. The van der Waals surface area contributed by atoms with Crippen LogP contribution >= 0.6 is 0 Å². The molecule has 1 unspecified atom stereocenters. The third-order valence-corrected chi connectivity index (χ3v) is 4.40. The quantitative estimate of drug-likeness (QED) is 0.821. The van der Waals surface area contributed by atoms with Gasteiger partial charge in [0.1, 0.15) is 0 Å². The van der Waals surface area contributed by atoms with E-state index in [1.54, 1.807) is 0 Å². The molecule has 1 aliphatic carbocycles. The van der Waals surface area contributed by atoms with Gasteiger partial charge in [-0.3, -0.25) is 4.99 Å². The van der Waals surface area contributed by atoms with Gasteiger partial charge in [-0.2, -0.15) is 0 Å². The Kier molecular flexibility index (Phi) is 3.90. The summed E-state index contributed by atoms with van der Waals surface area (Å²) >= 11 is 0. The Balaban J connectivity index is 1.70. The van der Waals surface area contributed by atoms with Crippen LogP contribution in [0.3, 0.4) is 0 Å². The average Bonchev–Trinajstić information content (AvgIpc) is 2.91. The van der Waals surface area contributed by atoms with Crippen molar-refractivity contribution >= 4 is 5.71 Å². The smallest absolute Gasteiger partial charge is 0.169 e. The zero-order valence-corrected chi connectivity index (χ0v) is 12.3. The minimum atomic E-state index is -0.311. The van der Waals surface area contributed by atoms with Crippen LogP contribution in [0.1, 0.15) is 44.7 Å². The molecule has 0 amide bonds. The number of ether oxygens (including phenoxy) is 2. The minimum absolute atomic E-state index is 0.230. The number of hydrogen-bond acceptors (Lipinski definition) is 3. The van der Waals surface area contributed by atoms with E-state index in [0.29, 0.717) is 5.92 Å². The van der Waals surface area contributed by atoms with Gasteiger partial charge in [0.2, 0.25) is 0 Å². The summed E-state index contributed by atoms with van der Waals surface area (Å²) in [6, 6.07) is 10.7. The van der Waals surface area contributed by atoms with Crippen molar-refractivity contribution in [3.63, 3.8) is 0 Å². The number of benzene rings is 1. The van der Waals surface area contributed by atoms with E-state index < -0.39 is 0 Å². The predicted octanol–water partition coefficient (Wildman–Crippen LogP) is 3.75. The number of nitrogens with zero attached hydrogens (tertiary/aromatic N) is 1. The highest BCUT2D eigenvalue weighted by Gasteiger charge is 2.42. The van der Waals surface area contributed by atoms with E-state index >= 15 is 0 Å². The summed E-state index contributed by atoms with van der Waals surface area (Å²) in [5.41, 5.74) is 2.59. The lowest BCUT2D eigenvalue weighted by Crippen LogP contribution is -2.39. The summed E-state index contributed by atoms with van der Waals surface area (Å²) in [6.45, 7) is 5.88. The molecule has 0 bridgehead atoms. The van der Waals surface area contributed by atoms with E-state index in [1.807, 2.05) is 6.07 Å². The summed E-state index contributed by atoms with van der Waals surface area (Å²) < 4.78 is 11.6. The zero-order chi connectivity index (χ0) is 14.0. The van der Waals surface area contributed by atoms with E-state index in [1.165, 1.54) is 11.3 Å². The first-order valence-corrected chi connectivity index (χ1v) is 7.58. The fourth-order valence-electron chi connectivity index (χ4n) is 3.26. The molecule has 1 heterocycles. The first kappa shape index (κ1) is 13.8. The molecule has 1 saturated carbocycles. The highest BCUT2D eigenvalue weighted by molar-refractivity contribution is 5.87. The molecule has 3 rings (SSSR count). The molecule has 108 valence electrons. The Morgan fingerprint density at radius 1 is 1.20 bits per heavy atom. The monoisotopic (exact) mass is 273 g/mol. The van der Waals surface area contributed by atoms with Gasteiger partial charge < -0.3 is 9.47 Å². The second-order valence-electron chi connectivity index (χ2n) is 5.92. The molecule has 0 N–H and O–H groups in total. The van der Waals surface area contributed by atoms with Crippen LogP contribution in [0.2, 0.25) is 0 Å². The number of hydrogen-bond donors (Lipinski definition) is 0. The fraction of sp³-hybridized carbons (Fsp3) is 0.588. The standard InChI is InChI=1S/C17H23NO2/c1-13-12-17(19-10-11-20-17)9-8-16(13)18-14(2)15-6-4-3-5-7-15/h3-7,13-14H,8-12H2,1-2H3/t13?,14-/m1/s1. The maximum absolute atomic E-state index is 5.81. The van der Waals surface area contributed by atoms with Crippen molar-refractivity contribution in [3.05, 3.63) is 35.9 Å². The van der Waals surface area contributed by atoms with Gasteiger partial charge in [0, 0.05) is 18.6 Å². The Morgan fingerprint density at radius 3 is 2.55 bits per heavy atom. The molecule has 3 heteroatoms. The lowest BCUT2D eigenvalue weighted by Gasteiger charge is -2.36. The molecule has 3 nitrogen and oxygen atoms in total. The van der Waals surface area contributed by atoms with Gasteiger partial charge in [0.25, 0.3) is 0 Å². The van der Waals surface area contributed by atoms with Crippen molar-refractivity contribution in [2.75, 3.05) is 13.2 Å². The second-order valence-corrected chi connectivity index (χ2v) is 5.92. The lowest BCUT2D eigenvalue weighted by atomic mass is 9.84. The van der Waals surface area contributed by atoms with Crippen molar-refractivity contribution in [2.45, 2.75) is 44.9 Å². The zero-order valence-electron chi connectivity index (χ0n) is 12.3. The van der Waals surface area contributed by atoms with E-state index in [0.717, 1.165) is 32.5 Å². The van der Waals surface area contributed by atoms with Crippen molar-refractivity contribution in [3.8, 4) is 0 Å². The van der Waals surface area contributed by atoms with Crippen LogP contribution in [0, 0.1) is 5.92 Å². The molecule has 2 aliphatic rings. The topological polar surface area (TPSA) is 30.8 Å². The molecule has 0 aromatic heterocycles. The van der Waals surface area contributed by atoms with Crippen LogP contribution in [0.5, 0.6) is 0 Å². The molecule has 1 saturated heterocycles. The first-order valence-electron chi connectivity index (χ1n) is 7.58. The maximum Gasteiger partial charge on any atom is 0.169 e. The Labute approximate surface area is 121 Å².